The Labute approximate surface area is 65.9 Å². The second-order valence-electron chi connectivity index (χ2n) is 3.00. The van der Waals surface area contributed by atoms with E-state index in [0.29, 0.717) is 5.92 Å². The van der Waals surface area contributed by atoms with Crippen LogP contribution in [0.1, 0.15) is 30.2 Å². The van der Waals surface area contributed by atoms with Crippen molar-refractivity contribution in [1.82, 2.24) is 5.16 Å². The first-order valence-corrected chi connectivity index (χ1v) is 3.94. The summed E-state index contributed by atoms with van der Waals surface area (Å²) in [5.41, 5.74) is 1.10. The van der Waals surface area contributed by atoms with Crippen molar-refractivity contribution in [3.8, 4) is 0 Å². The summed E-state index contributed by atoms with van der Waals surface area (Å²) >= 11 is 0. The van der Waals surface area contributed by atoms with E-state index in [1.54, 1.807) is 0 Å². The number of hydrogen-bond acceptors (Lipinski definition) is 2. The van der Waals surface area contributed by atoms with Crippen LogP contribution in [0.5, 0.6) is 0 Å². The van der Waals surface area contributed by atoms with Gasteiger partial charge < -0.3 is 4.52 Å². The number of nitrogens with zero attached hydrogens (tertiary/aromatic N) is 1. The molecule has 1 heterocycles. The fourth-order valence-electron chi connectivity index (χ4n) is 1.44. The average Bonchev–Trinajstić information content (AvgIpc) is 2.55. The molecule has 0 spiro atoms. The summed E-state index contributed by atoms with van der Waals surface area (Å²) in [5.74, 6) is 1.49. The van der Waals surface area contributed by atoms with Crippen LogP contribution in [0.3, 0.4) is 0 Å². The van der Waals surface area contributed by atoms with Gasteiger partial charge in [0.15, 0.2) is 0 Å². The van der Waals surface area contributed by atoms with Crippen LogP contribution in [0.4, 0.5) is 0 Å². The molecule has 1 aromatic heterocycles. The van der Waals surface area contributed by atoms with Gasteiger partial charge in [-0.15, -0.1) is 0 Å². The van der Waals surface area contributed by atoms with E-state index in [2.05, 4.69) is 17.3 Å². The Kier molecular flexibility index (Phi) is 1.53. The van der Waals surface area contributed by atoms with Gasteiger partial charge in [-0.3, -0.25) is 0 Å². The van der Waals surface area contributed by atoms with Gasteiger partial charge >= 0.3 is 0 Å². The molecule has 0 N–H and O–H groups in total. The highest BCUT2D eigenvalue weighted by Gasteiger charge is 2.15. The maximum atomic E-state index is 5.00. The third kappa shape index (κ3) is 1.20. The van der Waals surface area contributed by atoms with Crippen LogP contribution >= 0.6 is 0 Å². The van der Waals surface area contributed by atoms with Crippen molar-refractivity contribution in [3.05, 3.63) is 29.7 Å². The molecule has 2 rings (SSSR count). The predicted octanol–water partition coefficient (Wildman–Crippen LogP) is 2.42. The van der Waals surface area contributed by atoms with E-state index in [4.69, 9.17) is 4.52 Å². The molecule has 0 saturated heterocycles. The maximum absolute atomic E-state index is 5.00. The Balaban J connectivity index is 2.17. The van der Waals surface area contributed by atoms with Crippen molar-refractivity contribution in [3.63, 3.8) is 0 Å². The molecule has 2 nitrogen and oxygen atoms in total. The van der Waals surface area contributed by atoms with Crippen LogP contribution < -0.4 is 0 Å². The van der Waals surface area contributed by atoms with Crippen molar-refractivity contribution in [2.45, 2.75) is 25.7 Å². The molecule has 58 valence electrons. The highest BCUT2D eigenvalue weighted by molar-refractivity contribution is 5.15. The lowest BCUT2D eigenvalue weighted by molar-refractivity contribution is 0.386. The Morgan fingerprint density at radius 3 is 2.73 bits per heavy atom. The van der Waals surface area contributed by atoms with Gasteiger partial charge in [0.25, 0.3) is 0 Å². The lowest BCUT2D eigenvalue weighted by atomic mass is 10.0. The molecule has 0 aromatic carbocycles. The molecular formula is C9H11NO. The summed E-state index contributed by atoms with van der Waals surface area (Å²) in [6.07, 6.45) is 6.64. The molecule has 0 unspecified atom stereocenters. The lowest BCUT2D eigenvalue weighted by Gasteiger charge is -2.00. The first kappa shape index (κ1) is 6.65. The van der Waals surface area contributed by atoms with Crippen molar-refractivity contribution >= 4 is 0 Å². The summed E-state index contributed by atoms with van der Waals surface area (Å²) in [6, 6.07) is 2.03. The molecule has 1 aromatic rings. The summed E-state index contributed by atoms with van der Waals surface area (Å²) in [7, 11) is 0. The molecule has 11 heavy (non-hydrogen) atoms. The molecule has 0 radical (unpaired) electrons. The molecule has 0 amide bonds. The predicted molar refractivity (Wildman–Crippen MR) is 42.4 cm³/mol. The zero-order chi connectivity index (χ0) is 7.68. The van der Waals surface area contributed by atoms with E-state index in [1.165, 1.54) is 0 Å². The number of hydrogen-bond donors (Lipinski definition) is 0. The fourth-order valence-corrected chi connectivity index (χ4v) is 1.44. The summed E-state index contributed by atoms with van der Waals surface area (Å²) < 4.78 is 5.00. The summed E-state index contributed by atoms with van der Waals surface area (Å²) in [4.78, 5) is 0. The zero-order valence-corrected chi connectivity index (χ0v) is 6.58. The van der Waals surface area contributed by atoms with E-state index < -0.39 is 0 Å². The first-order valence-electron chi connectivity index (χ1n) is 3.94. The quantitative estimate of drug-likeness (QED) is 0.573. The second-order valence-corrected chi connectivity index (χ2v) is 3.00. The number of aryl methyl sites for hydroxylation is 1. The van der Waals surface area contributed by atoms with Crippen molar-refractivity contribution in [1.29, 1.82) is 0 Å². The van der Waals surface area contributed by atoms with Gasteiger partial charge in [0.05, 0.1) is 5.69 Å². The lowest BCUT2D eigenvalue weighted by Crippen LogP contribution is -1.91. The highest BCUT2D eigenvalue weighted by atomic mass is 16.5. The fraction of sp³-hybridized carbons (Fsp3) is 0.444. The van der Waals surface area contributed by atoms with Gasteiger partial charge in [0, 0.05) is 12.0 Å². The third-order valence-electron chi connectivity index (χ3n) is 2.07. The maximum Gasteiger partial charge on any atom is 0.133 e. The van der Waals surface area contributed by atoms with Gasteiger partial charge in [-0.25, -0.2) is 0 Å². The summed E-state index contributed by atoms with van der Waals surface area (Å²) in [5, 5.41) is 3.98. The van der Waals surface area contributed by atoms with Crippen molar-refractivity contribution < 1.29 is 4.52 Å². The zero-order valence-electron chi connectivity index (χ0n) is 6.58. The first-order chi connectivity index (χ1) is 5.36. The van der Waals surface area contributed by atoms with E-state index in [9.17, 15) is 0 Å². The molecule has 0 atom stereocenters. The van der Waals surface area contributed by atoms with E-state index in [1.807, 2.05) is 13.0 Å². The molecular weight excluding hydrogens is 138 g/mol. The molecule has 2 heteroatoms. The van der Waals surface area contributed by atoms with Crippen LogP contribution in [0.25, 0.3) is 0 Å². The second kappa shape index (κ2) is 2.53. The topological polar surface area (TPSA) is 26.0 Å². The standard InChI is InChI=1S/C9H11NO/c1-7-6-9(10-11-7)8-4-2-3-5-8/h2-3,6,8H,4-5H2,1H3. The SMILES string of the molecule is Cc1cc(C2CC=CC2)no1. The van der Waals surface area contributed by atoms with E-state index in [0.717, 1.165) is 24.3 Å². The third-order valence-corrected chi connectivity index (χ3v) is 2.07. The minimum absolute atomic E-state index is 0.576. The molecule has 0 aliphatic heterocycles. The minimum Gasteiger partial charge on any atom is -0.361 e. The van der Waals surface area contributed by atoms with Gasteiger partial charge in [-0.2, -0.15) is 0 Å². The molecule has 1 aliphatic carbocycles. The number of aromatic nitrogens is 1. The van der Waals surface area contributed by atoms with Gasteiger partial charge in [-0.05, 0) is 19.8 Å². The largest absolute Gasteiger partial charge is 0.361 e. The van der Waals surface area contributed by atoms with Crippen LogP contribution in [0.2, 0.25) is 0 Å². The molecule has 0 fully saturated rings. The summed E-state index contributed by atoms with van der Waals surface area (Å²) in [6.45, 7) is 1.93. The van der Waals surface area contributed by atoms with Gasteiger partial charge in [0.2, 0.25) is 0 Å². The van der Waals surface area contributed by atoms with E-state index in [-0.39, 0.29) is 0 Å². The van der Waals surface area contributed by atoms with Crippen LogP contribution in [-0.4, -0.2) is 5.16 Å². The van der Waals surface area contributed by atoms with Gasteiger partial charge in [-0.1, -0.05) is 17.3 Å². The monoisotopic (exact) mass is 149 g/mol. The number of rotatable bonds is 1. The molecule has 0 bridgehead atoms. The van der Waals surface area contributed by atoms with Crippen molar-refractivity contribution in [2.24, 2.45) is 0 Å². The minimum atomic E-state index is 0.576. The number of allylic oxidation sites excluding steroid dienone is 2. The smallest absolute Gasteiger partial charge is 0.133 e. The normalized spacial score (nSPS) is 17.9. The van der Waals surface area contributed by atoms with Crippen LogP contribution in [0, 0.1) is 6.92 Å². The Morgan fingerprint density at radius 1 is 1.45 bits per heavy atom. The van der Waals surface area contributed by atoms with Gasteiger partial charge in [0.1, 0.15) is 5.76 Å². The molecule has 0 saturated carbocycles. The molecule has 1 aliphatic rings. The van der Waals surface area contributed by atoms with E-state index >= 15 is 0 Å². The van der Waals surface area contributed by atoms with Crippen LogP contribution in [0.15, 0.2) is 22.7 Å². The Morgan fingerprint density at radius 2 is 2.18 bits per heavy atom. The Bertz CT molecular complexity index is 267. The average molecular weight is 149 g/mol. The van der Waals surface area contributed by atoms with Crippen LogP contribution in [-0.2, 0) is 0 Å². The van der Waals surface area contributed by atoms with Crippen molar-refractivity contribution in [2.75, 3.05) is 0 Å². The highest BCUT2D eigenvalue weighted by Crippen LogP contribution is 2.28. The Hall–Kier alpha value is -1.05.